The quantitative estimate of drug-likeness (QED) is 0.748. The van der Waals surface area contributed by atoms with Crippen molar-refractivity contribution in [2.24, 2.45) is 0 Å². The molecule has 0 unspecified atom stereocenters. The molecule has 0 radical (unpaired) electrons. The molecule has 2 N–H and O–H groups in total. The average Bonchev–Trinajstić information content (AvgIpc) is 2.30. The van der Waals surface area contributed by atoms with Crippen LogP contribution in [-0.4, -0.2) is 31.7 Å². The van der Waals surface area contributed by atoms with Gasteiger partial charge in [-0.3, -0.25) is 4.98 Å². The Morgan fingerprint density at radius 3 is 2.88 bits per heavy atom. The van der Waals surface area contributed by atoms with E-state index in [2.05, 4.69) is 21.5 Å². The summed E-state index contributed by atoms with van der Waals surface area (Å²) >= 11 is 0. The van der Waals surface area contributed by atoms with Crippen LogP contribution in [0, 0.1) is 11.8 Å². The molecule has 0 saturated heterocycles. The first-order valence-electron chi connectivity index (χ1n) is 5.14. The molecule has 0 amide bonds. The van der Waals surface area contributed by atoms with Crippen LogP contribution < -0.4 is 4.72 Å². The van der Waals surface area contributed by atoms with Gasteiger partial charge in [0.05, 0.1) is 6.61 Å². The Morgan fingerprint density at radius 1 is 1.47 bits per heavy atom. The molecule has 5 nitrogen and oxygen atoms in total. The smallest absolute Gasteiger partial charge is 0.242 e. The van der Waals surface area contributed by atoms with Crippen molar-refractivity contribution in [2.75, 3.05) is 13.2 Å². The van der Waals surface area contributed by atoms with Crippen LogP contribution in [0.5, 0.6) is 0 Å². The molecule has 0 saturated carbocycles. The summed E-state index contributed by atoms with van der Waals surface area (Å²) in [6.07, 6.45) is 3.11. The van der Waals surface area contributed by atoms with Crippen molar-refractivity contribution in [2.45, 2.75) is 18.2 Å². The molecule has 1 rings (SSSR count). The Labute approximate surface area is 101 Å². The molecular formula is C11H14N2O3S. The maximum Gasteiger partial charge on any atom is 0.242 e. The maximum absolute atomic E-state index is 11.7. The Hall–Kier alpha value is -1.42. The van der Waals surface area contributed by atoms with Crippen molar-refractivity contribution in [3.63, 3.8) is 0 Å². The van der Waals surface area contributed by atoms with E-state index in [1.807, 2.05) is 0 Å². The van der Waals surface area contributed by atoms with Crippen molar-refractivity contribution in [3.8, 4) is 11.8 Å². The number of aliphatic hydroxyl groups is 1. The van der Waals surface area contributed by atoms with E-state index in [4.69, 9.17) is 5.11 Å². The van der Waals surface area contributed by atoms with Crippen molar-refractivity contribution in [1.82, 2.24) is 9.71 Å². The van der Waals surface area contributed by atoms with Gasteiger partial charge in [-0.25, -0.2) is 13.1 Å². The highest BCUT2D eigenvalue weighted by atomic mass is 32.2. The highest BCUT2D eigenvalue weighted by molar-refractivity contribution is 7.89. The van der Waals surface area contributed by atoms with Gasteiger partial charge >= 0.3 is 0 Å². The number of nitrogens with zero attached hydrogens (tertiary/aromatic N) is 1. The highest BCUT2D eigenvalue weighted by Crippen LogP contribution is 2.08. The summed E-state index contributed by atoms with van der Waals surface area (Å²) in [6.45, 7) is 2.01. The molecule has 0 aliphatic carbocycles. The summed E-state index contributed by atoms with van der Waals surface area (Å²) in [4.78, 5) is 3.92. The molecule has 6 heteroatoms. The minimum absolute atomic E-state index is 0.0180. The van der Waals surface area contributed by atoms with E-state index in [1.165, 1.54) is 18.5 Å². The molecule has 17 heavy (non-hydrogen) atoms. The molecule has 0 fully saturated rings. The van der Waals surface area contributed by atoms with E-state index < -0.39 is 10.0 Å². The van der Waals surface area contributed by atoms with Crippen molar-refractivity contribution in [1.29, 1.82) is 0 Å². The monoisotopic (exact) mass is 254 g/mol. The number of hydrogen-bond donors (Lipinski definition) is 2. The second kappa shape index (κ2) is 6.35. The van der Waals surface area contributed by atoms with Crippen molar-refractivity contribution >= 4 is 10.0 Å². The number of sulfonamides is 1. The van der Waals surface area contributed by atoms with Gasteiger partial charge in [0, 0.05) is 30.9 Å². The van der Waals surface area contributed by atoms with Gasteiger partial charge in [0.2, 0.25) is 10.0 Å². The zero-order chi connectivity index (χ0) is 12.7. The van der Waals surface area contributed by atoms with Gasteiger partial charge in [-0.1, -0.05) is 18.8 Å². The summed E-state index contributed by atoms with van der Waals surface area (Å²) in [6, 6.07) is 1.45. The molecule has 0 atom stereocenters. The molecule has 1 aromatic heterocycles. The SMILES string of the molecule is CCNS(=O)(=O)c1cncc(C#CCCO)c1. The van der Waals surface area contributed by atoms with Gasteiger partial charge in [-0.05, 0) is 6.07 Å². The summed E-state index contributed by atoms with van der Waals surface area (Å²) in [5.41, 5.74) is 0.512. The normalized spacial score (nSPS) is 10.7. The third-order valence-electron chi connectivity index (χ3n) is 1.83. The zero-order valence-electron chi connectivity index (χ0n) is 9.47. The van der Waals surface area contributed by atoms with Crippen LogP contribution in [-0.2, 0) is 10.0 Å². The van der Waals surface area contributed by atoms with Crippen LogP contribution in [0.2, 0.25) is 0 Å². The minimum atomic E-state index is -3.49. The predicted molar refractivity (Wildman–Crippen MR) is 63.7 cm³/mol. The summed E-state index contributed by atoms with van der Waals surface area (Å²) < 4.78 is 25.7. The van der Waals surface area contributed by atoms with Gasteiger partial charge in [0.15, 0.2) is 0 Å². The Balaban J connectivity index is 2.99. The maximum atomic E-state index is 11.7. The van der Waals surface area contributed by atoms with Crippen molar-refractivity contribution in [3.05, 3.63) is 24.0 Å². The fraction of sp³-hybridized carbons (Fsp3) is 0.364. The van der Waals surface area contributed by atoms with Gasteiger partial charge in [0.25, 0.3) is 0 Å². The minimum Gasteiger partial charge on any atom is -0.395 e. The lowest BCUT2D eigenvalue weighted by molar-refractivity contribution is 0.305. The number of hydrogen-bond acceptors (Lipinski definition) is 4. The molecule has 0 aliphatic heterocycles. The van der Waals surface area contributed by atoms with Crippen LogP contribution in [0.25, 0.3) is 0 Å². The third kappa shape index (κ3) is 4.15. The molecule has 0 aliphatic rings. The largest absolute Gasteiger partial charge is 0.395 e. The van der Waals surface area contributed by atoms with Crippen LogP contribution in [0.4, 0.5) is 0 Å². The van der Waals surface area contributed by atoms with Gasteiger partial charge in [-0.15, -0.1) is 0 Å². The molecule has 0 spiro atoms. The topological polar surface area (TPSA) is 79.3 Å². The first-order valence-corrected chi connectivity index (χ1v) is 6.63. The molecule has 1 aromatic rings. The summed E-state index contributed by atoms with van der Waals surface area (Å²) in [5.74, 6) is 5.44. The van der Waals surface area contributed by atoms with E-state index in [0.717, 1.165) is 0 Å². The van der Waals surface area contributed by atoms with E-state index in [-0.39, 0.29) is 11.5 Å². The number of rotatable bonds is 4. The van der Waals surface area contributed by atoms with Crippen LogP contribution in [0.15, 0.2) is 23.4 Å². The van der Waals surface area contributed by atoms with E-state index in [1.54, 1.807) is 6.92 Å². The second-order valence-corrected chi connectivity index (χ2v) is 4.95. The standard InChI is InChI=1S/C11H14N2O3S/c1-2-13-17(15,16)11-7-10(8-12-9-11)5-3-4-6-14/h7-9,13-14H,2,4,6H2,1H3. The first kappa shape index (κ1) is 13.6. The zero-order valence-corrected chi connectivity index (χ0v) is 10.3. The van der Waals surface area contributed by atoms with Gasteiger partial charge in [0.1, 0.15) is 4.90 Å². The third-order valence-corrected chi connectivity index (χ3v) is 3.34. The number of pyridine rings is 1. The Kier molecular flexibility index (Phi) is 5.10. The highest BCUT2D eigenvalue weighted by Gasteiger charge is 2.12. The predicted octanol–water partition coefficient (Wildman–Crippen LogP) is 0.114. The van der Waals surface area contributed by atoms with Crippen LogP contribution in [0.1, 0.15) is 18.9 Å². The fourth-order valence-corrected chi connectivity index (χ4v) is 2.16. The van der Waals surface area contributed by atoms with Gasteiger partial charge < -0.3 is 5.11 Å². The summed E-state index contributed by atoms with van der Waals surface area (Å²) in [7, 11) is -3.49. The summed E-state index contributed by atoms with van der Waals surface area (Å²) in [5, 5.41) is 8.57. The molecule has 0 bridgehead atoms. The second-order valence-electron chi connectivity index (χ2n) is 3.19. The molecular weight excluding hydrogens is 240 g/mol. The Bertz CT molecular complexity index is 529. The lowest BCUT2D eigenvalue weighted by atomic mass is 10.3. The van der Waals surface area contributed by atoms with Crippen molar-refractivity contribution < 1.29 is 13.5 Å². The van der Waals surface area contributed by atoms with Crippen LogP contribution >= 0.6 is 0 Å². The van der Waals surface area contributed by atoms with Crippen LogP contribution in [0.3, 0.4) is 0 Å². The molecule has 0 aromatic carbocycles. The fourth-order valence-electron chi connectivity index (χ4n) is 1.13. The number of aromatic nitrogens is 1. The van der Waals surface area contributed by atoms with E-state index >= 15 is 0 Å². The lowest BCUT2D eigenvalue weighted by Crippen LogP contribution is -2.23. The number of nitrogens with one attached hydrogen (secondary N) is 1. The Morgan fingerprint density at radius 2 is 2.24 bits per heavy atom. The average molecular weight is 254 g/mol. The van der Waals surface area contributed by atoms with E-state index in [9.17, 15) is 8.42 Å². The molecule has 1 heterocycles. The van der Waals surface area contributed by atoms with E-state index in [0.29, 0.717) is 18.5 Å². The molecule has 92 valence electrons. The van der Waals surface area contributed by atoms with Gasteiger partial charge in [-0.2, -0.15) is 0 Å². The first-order chi connectivity index (χ1) is 8.10. The lowest BCUT2D eigenvalue weighted by Gasteiger charge is -2.03. The number of aliphatic hydroxyl groups excluding tert-OH is 1.